The summed E-state index contributed by atoms with van der Waals surface area (Å²) in [7, 11) is -3.97. The predicted molar refractivity (Wildman–Crippen MR) is 100 cm³/mol. The molecule has 0 radical (unpaired) electrons. The number of nitriles is 1. The van der Waals surface area contributed by atoms with Gasteiger partial charge in [0.1, 0.15) is 6.07 Å². The highest BCUT2D eigenvalue weighted by Crippen LogP contribution is 2.29. The molecule has 27 heavy (non-hydrogen) atoms. The molecule has 0 aliphatic carbocycles. The molecule has 0 amide bonds. The maximum Gasteiger partial charge on any atom is 0.289 e. The van der Waals surface area contributed by atoms with E-state index in [2.05, 4.69) is 0 Å². The molecule has 1 fully saturated rings. The van der Waals surface area contributed by atoms with Gasteiger partial charge in [0, 0.05) is 37.9 Å². The zero-order chi connectivity index (χ0) is 19.6. The lowest BCUT2D eigenvalue weighted by Gasteiger charge is -2.35. The second-order valence-corrected chi connectivity index (χ2v) is 8.21. The molecule has 8 nitrogen and oxygen atoms in total. The number of nitro benzene ring substituents is 1. The fourth-order valence-corrected chi connectivity index (χ4v) is 4.74. The minimum Gasteiger partial charge on any atom is -0.369 e. The quantitative estimate of drug-likeness (QED) is 0.570. The van der Waals surface area contributed by atoms with Gasteiger partial charge in [-0.3, -0.25) is 10.1 Å². The number of nitrogens with zero attached hydrogens (tertiary/aromatic N) is 4. The van der Waals surface area contributed by atoms with E-state index in [-0.39, 0.29) is 18.0 Å². The van der Waals surface area contributed by atoms with Crippen molar-refractivity contribution in [1.29, 1.82) is 5.26 Å². The highest BCUT2D eigenvalue weighted by molar-refractivity contribution is 7.89. The molecule has 10 heteroatoms. The van der Waals surface area contributed by atoms with E-state index < -0.39 is 20.6 Å². The highest BCUT2D eigenvalue weighted by atomic mass is 35.5. The number of piperazine rings is 1. The lowest BCUT2D eigenvalue weighted by atomic mass is 10.2. The van der Waals surface area contributed by atoms with Gasteiger partial charge in [0.05, 0.1) is 15.5 Å². The van der Waals surface area contributed by atoms with Crippen molar-refractivity contribution in [2.75, 3.05) is 31.1 Å². The van der Waals surface area contributed by atoms with Crippen molar-refractivity contribution in [2.24, 2.45) is 0 Å². The third-order valence-electron chi connectivity index (χ3n) is 4.36. The molecule has 0 bridgehead atoms. The SMILES string of the molecule is N#Cc1ccc(N2CCN(S(=O)(=O)c3ccccc3[N+](=O)[O-])CC2)cc1Cl. The van der Waals surface area contributed by atoms with E-state index >= 15 is 0 Å². The third kappa shape index (κ3) is 3.73. The Bertz CT molecular complexity index is 1030. The van der Waals surface area contributed by atoms with Gasteiger partial charge in [0.2, 0.25) is 10.0 Å². The molecule has 2 aromatic carbocycles. The summed E-state index contributed by atoms with van der Waals surface area (Å²) in [6.45, 7) is 1.18. The van der Waals surface area contributed by atoms with Gasteiger partial charge < -0.3 is 4.90 Å². The first-order chi connectivity index (χ1) is 12.8. The Kier molecular flexibility index (Phi) is 5.32. The molecule has 0 saturated carbocycles. The van der Waals surface area contributed by atoms with Crippen molar-refractivity contribution in [1.82, 2.24) is 4.31 Å². The van der Waals surface area contributed by atoms with Gasteiger partial charge >= 0.3 is 0 Å². The molecule has 1 heterocycles. The van der Waals surface area contributed by atoms with Gasteiger partial charge in [0.25, 0.3) is 5.69 Å². The molecular weight excluding hydrogens is 392 g/mol. The van der Waals surface area contributed by atoms with Crippen molar-refractivity contribution in [2.45, 2.75) is 4.90 Å². The van der Waals surface area contributed by atoms with Crippen molar-refractivity contribution in [3.05, 3.63) is 63.2 Å². The number of nitro groups is 1. The van der Waals surface area contributed by atoms with Crippen LogP contribution in [-0.4, -0.2) is 43.8 Å². The molecule has 0 N–H and O–H groups in total. The number of hydrogen-bond donors (Lipinski definition) is 0. The molecule has 0 spiro atoms. The summed E-state index contributed by atoms with van der Waals surface area (Å²) < 4.78 is 26.9. The maximum absolute atomic E-state index is 12.8. The zero-order valence-corrected chi connectivity index (χ0v) is 15.7. The largest absolute Gasteiger partial charge is 0.369 e. The summed E-state index contributed by atoms with van der Waals surface area (Å²) in [5.74, 6) is 0. The minimum absolute atomic E-state index is 0.187. The molecule has 0 unspecified atom stereocenters. The molecule has 0 atom stereocenters. The minimum atomic E-state index is -3.97. The summed E-state index contributed by atoms with van der Waals surface area (Å²) in [4.78, 5) is 12.1. The molecular formula is C17H15ClN4O4S. The standard InChI is InChI=1S/C17H15ClN4O4S/c18-15-11-14(6-5-13(15)12-19)20-7-9-21(10-8-20)27(25,26)17-4-2-1-3-16(17)22(23)24/h1-6,11H,7-10H2. The van der Waals surface area contributed by atoms with Gasteiger partial charge in [-0.2, -0.15) is 9.57 Å². The Morgan fingerprint density at radius 1 is 1.11 bits per heavy atom. The summed E-state index contributed by atoms with van der Waals surface area (Å²) in [6.07, 6.45) is 0. The highest BCUT2D eigenvalue weighted by Gasteiger charge is 2.33. The van der Waals surface area contributed by atoms with Crippen LogP contribution in [0.4, 0.5) is 11.4 Å². The Morgan fingerprint density at radius 3 is 2.37 bits per heavy atom. The number of benzene rings is 2. The number of para-hydroxylation sites is 1. The van der Waals surface area contributed by atoms with Crippen molar-refractivity contribution >= 4 is 33.0 Å². The van der Waals surface area contributed by atoms with Gasteiger partial charge in [-0.1, -0.05) is 23.7 Å². The lowest BCUT2D eigenvalue weighted by Crippen LogP contribution is -2.48. The summed E-state index contributed by atoms with van der Waals surface area (Å²) in [5, 5.41) is 20.4. The van der Waals surface area contributed by atoms with Crippen molar-refractivity contribution < 1.29 is 13.3 Å². The van der Waals surface area contributed by atoms with Gasteiger partial charge in [0.15, 0.2) is 4.90 Å². The zero-order valence-electron chi connectivity index (χ0n) is 14.1. The summed E-state index contributed by atoms with van der Waals surface area (Å²) in [5.41, 5.74) is 0.735. The van der Waals surface area contributed by atoms with Gasteiger partial charge in [-0.25, -0.2) is 8.42 Å². The van der Waals surface area contributed by atoms with E-state index in [4.69, 9.17) is 16.9 Å². The number of halogens is 1. The molecule has 1 saturated heterocycles. The number of hydrogen-bond acceptors (Lipinski definition) is 6. The van der Waals surface area contributed by atoms with Crippen LogP contribution in [-0.2, 0) is 10.0 Å². The molecule has 3 rings (SSSR count). The van der Waals surface area contributed by atoms with E-state index in [0.29, 0.717) is 23.7 Å². The first kappa shape index (κ1) is 19.1. The van der Waals surface area contributed by atoms with E-state index in [0.717, 1.165) is 5.69 Å². The first-order valence-electron chi connectivity index (χ1n) is 8.03. The molecule has 1 aliphatic heterocycles. The van der Waals surface area contributed by atoms with Crippen molar-refractivity contribution in [3.8, 4) is 6.07 Å². The first-order valence-corrected chi connectivity index (χ1v) is 9.84. The van der Waals surface area contributed by atoms with Crippen LogP contribution in [0.5, 0.6) is 0 Å². The molecule has 1 aliphatic rings. The van der Waals surface area contributed by atoms with Crippen LogP contribution in [0.25, 0.3) is 0 Å². The second-order valence-electron chi connectivity index (χ2n) is 5.89. The average molecular weight is 407 g/mol. The van der Waals surface area contributed by atoms with Crippen LogP contribution in [0.1, 0.15) is 5.56 Å². The fourth-order valence-electron chi connectivity index (χ4n) is 2.94. The molecule has 0 aromatic heterocycles. The predicted octanol–water partition coefficient (Wildman–Crippen LogP) is 2.63. The number of rotatable bonds is 4. The second kappa shape index (κ2) is 7.52. The number of sulfonamides is 1. The van der Waals surface area contributed by atoms with E-state index in [9.17, 15) is 18.5 Å². The van der Waals surface area contributed by atoms with Crippen LogP contribution in [0, 0.1) is 21.4 Å². The van der Waals surface area contributed by atoms with Crippen LogP contribution < -0.4 is 4.90 Å². The summed E-state index contributed by atoms with van der Waals surface area (Å²) >= 11 is 6.06. The Labute approximate surface area is 161 Å². The lowest BCUT2D eigenvalue weighted by molar-refractivity contribution is -0.387. The monoisotopic (exact) mass is 406 g/mol. The Balaban J connectivity index is 1.79. The van der Waals surface area contributed by atoms with Gasteiger partial charge in [-0.05, 0) is 24.3 Å². The van der Waals surface area contributed by atoms with E-state index in [1.54, 1.807) is 18.2 Å². The smallest absolute Gasteiger partial charge is 0.289 e. The number of anilines is 1. The molecule has 2 aromatic rings. The molecule has 140 valence electrons. The van der Waals surface area contributed by atoms with Crippen LogP contribution in [0.15, 0.2) is 47.4 Å². The topological polar surface area (TPSA) is 108 Å². The Hall–Kier alpha value is -2.67. The van der Waals surface area contributed by atoms with Crippen molar-refractivity contribution in [3.63, 3.8) is 0 Å². The fraction of sp³-hybridized carbons (Fsp3) is 0.235. The maximum atomic E-state index is 12.8. The normalized spacial score (nSPS) is 15.3. The van der Waals surface area contributed by atoms with E-state index in [1.807, 2.05) is 11.0 Å². The van der Waals surface area contributed by atoms with E-state index in [1.165, 1.54) is 28.6 Å². The van der Waals surface area contributed by atoms with Crippen LogP contribution in [0.2, 0.25) is 5.02 Å². The summed E-state index contributed by atoms with van der Waals surface area (Å²) in [6, 6.07) is 12.4. The van der Waals surface area contributed by atoms with Gasteiger partial charge in [-0.15, -0.1) is 0 Å². The average Bonchev–Trinajstić information content (AvgIpc) is 2.68. The van der Waals surface area contributed by atoms with Crippen LogP contribution in [0.3, 0.4) is 0 Å². The Morgan fingerprint density at radius 2 is 1.78 bits per heavy atom. The third-order valence-corrected chi connectivity index (χ3v) is 6.62. The van der Waals surface area contributed by atoms with Crippen LogP contribution >= 0.6 is 11.6 Å².